The van der Waals surface area contributed by atoms with E-state index in [1.54, 1.807) is 23.6 Å². The number of esters is 1. The fourth-order valence-corrected chi connectivity index (χ4v) is 6.39. The number of carbonyl (C=O) groups excluding carboxylic acids is 1. The maximum atomic E-state index is 12.8. The van der Waals surface area contributed by atoms with Crippen molar-refractivity contribution >= 4 is 54.2 Å². The largest absolute Gasteiger partial charge is 0.457 e. The van der Waals surface area contributed by atoms with E-state index in [1.807, 2.05) is 0 Å². The molecule has 10 heteroatoms. The summed E-state index contributed by atoms with van der Waals surface area (Å²) in [5, 5.41) is 2.19. The number of thiophene rings is 1. The highest BCUT2D eigenvalue weighted by atomic mass is 79.9. The summed E-state index contributed by atoms with van der Waals surface area (Å²) in [5.41, 5.74) is 0.291. The van der Waals surface area contributed by atoms with Gasteiger partial charge in [0.05, 0.1) is 0 Å². The fraction of sp³-hybridized carbons (Fsp3) is 0.263. The van der Waals surface area contributed by atoms with Gasteiger partial charge in [0.1, 0.15) is 22.0 Å². The summed E-state index contributed by atoms with van der Waals surface area (Å²) in [6.45, 7) is 0.728. The van der Waals surface area contributed by atoms with Crippen molar-refractivity contribution in [2.75, 3.05) is 13.1 Å². The molecule has 0 aliphatic carbocycles. The third kappa shape index (κ3) is 4.02. The average molecular weight is 498 g/mol. The summed E-state index contributed by atoms with van der Waals surface area (Å²) in [5.74, 6) is -0.740. The molecule has 0 saturated carbocycles. The summed E-state index contributed by atoms with van der Waals surface area (Å²) >= 11 is 4.34. The molecule has 152 valence electrons. The Morgan fingerprint density at radius 3 is 2.72 bits per heavy atom. The number of rotatable bonds is 5. The van der Waals surface area contributed by atoms with Gasteiger partial charge in [0.2, 0.25) is 10.0 Å². The molecule has 0 atom stereocenters. The molecule has 2 aromatic heterocycles. The van der Waals surface area contributed by atoms with Gasteiger partial charge in [-0.25, -0.2) is 18.0 Å². The highest BCUT2D eigenvalue weighted by Crippen LogP contribution is 2.29. The quantitative estimate of drug-likeness (QED) is 0.393. The van der Waals surface area contributed by atoms with E-state index in [9.17, 15) is 18.0 Å². The molecule has 29 heavy (non-hydrogen) atoms. The van der Waals surface area contributed by atoms with Crippen LogP contribution in [0.25, 0.3) is 11.0 Å². The number of halogens is 1. The van der Waals surface area contributed by atoms with E-state index in [0.717, 1.165) is 28.7 Å². The second-order valence-corrected chi connectivity index (χ2v) is 10.3. The number of hydrogen-bond donors (Lipinski definition) is 0. The molecule has 0 spiro atoms. The zero-order chi connectivity index (χ0) is 20.6. The Bertz CT molecular complexity index is 1240. The highest BCUT2D eigenvalue weighted by molar-refractivity contribution is 9.10. The molecular weight excluding hydrogens is 482 g/mol. The molecule has 1 aliphatic heterocycles. The maximum absolute atomic E-state index is 12.8. The summed E-state index contributed by atoms with van der Waals surface area (Å²) in [7, 11) is -3.73. The third-order valence-electron chi connectivity index (χ3n) is 4.65. The van der Waals surface area contributed by atoms with E-state index in [-0.39, 0.29) is 16.4 Å². The minimum atomic E-state index is -3.73. The molecule has 1 saturated heterocycles. The fourth-order valence-electron chi connectivity index (χ4n) is 3.25. The Labute approximate surface area is 179 Å². The molecule has 3 heterocycles. The van der Waals surface area contributed by atoms with E-state index in [4.69, 9.17) is 9.15 Å². The zero-order valence-corrected chi connectivity index (χ0v) is 18.3. The van der Waals surface area contributed by atoms with Gasteiger partial charge in [-0.3, -0.25) is 0 Å². The first-order chi connectivity index (χ1) is 13.9. The SMILES string of the molecule is O=C(OCc1cc(=O)oc2cc(Br)ccc12)c1sccc1S(=O)(=O)N1CCCC1. The second-order valence-electron chi connectivity index (χ2n) is 6.53. The first-order valence-corrected chi connectivity index (χ1v) is 11.9. The summed E-state index contributed by atoms with van der Waals surface area (Å²) in [6.07, 6.45) is 1.62. The van der Waals surface area contributed by atoms with E-state index in [0.29, 0.717) is 29.6 Å². The molecule has 0 bridgehead atoms. The number of fused-ring (bicyclic) bond motifs is 1. The molecule has 1 aromatic carbocycles. The van der Waals surface area contributed by atoms with E-state index < -0.39 is 21.6 Å². The monoisotopic (exact) mass is 497 g/mol. The number of hydrogen-bond acceptors (Lipinski definition) is 7. The Balaban J connectivity index is 1.59. The lowest BCUT2D eigenvalue weighted by atomic mass is 10.1. The van der Waals surface area contributed by atoms with Crippen molar-refractivity contribution in [1.29, 1.82) is 0 Å². The Morgan fingerprint density at radius 1 is 1.21 bits per heavy atom. The topological polar surface area (TPSA) is 93.9 Å². The van der Waals surface area contributed by atoms with Gasteiger partial charge in [-0.05, 0) is 42.5 Å². The molecule has 1 fully saturated rings. The number of carbonyl (C=O) groups is 1. The van der Waals surface area contributed by atoms with Crippen molar-refractivity contribution in [2.45, 2.75) is 24.3 Å². The van der Waals surface area contributed by atoms with Crippen LogP contribution in [0.3, 0.4) is 0 Å². The lowest BCUT2D eigenvalue weighted by Gasteiger charge is -2.15. The lowest BCUT2D eigenvalue weighted by molar-refractivity contribution is 0.0475. The van der Waals surface area contributed by atoms with Crippen LogP contribution in [0.2, 0.25) is 0 Å². The molecule has 0 N–H and O–H groups in total. The average Bonchev–Trinajstić information content (AvgIpc) is 3.37. The zero-order valence-electron chi connectivity index (χ0n) is 15.1. The molecule has 1 aliphatic rings. The van der Waals surface area contributed by atoms with Crippen LogP contribution in [-0.4, -0.2) is 31.8 Å². The molecule has 0 radical (unpaired) electrons. The minimum absolute atomic E-state index is 0.0317. The number of ether oxygens (including phenoxy) is 1. The van der Waals surface area contributed by atoms with Crippen molar-refractivity contribution in [2.24, 2.45) is 0 Å². The minimum Gasteiger partial charge on any atom is -0.457 e. The van der Waals surface area contributed by atoms with Crippen LogP contribution >= 0.6 is 27.3 Å². The Morgan fingerprint density at radius 2 is 1.97 bits per heavy atom. The third-order valence-corrected chi connectivity index (χ3v) is 8.11. The van der Waals surface area contributed by atoms with Crippen molar-refractivity contribution < 1.29 is 22.4 Å². The first-order valence-electron chi connectivity index (χ1n) is 8.83. The van der Waals surface area contributed by atoms with Crippen LogP contribution in [0, 0.1) is 0 Å². The van der Waals surface area contributed by atoms with Gasteiger partial charge in [0, 0.05) is 34.6 Å². The number of sulfonamides is 1. The maximum Gasteiger partial charge on any atom is 0.350 e. The van der Waals surface area contributed by atoms with Gasteiger partial charge < -0.3 is 9.15 Å². The molecular formula is C19H16BrNO6S2. The molecule has 7 nitrogen and oxygen atoms in total. The van der Waals surface area contributed by atoms with Gasteiger partial charge in [-0.15, -0.1) is 11.3 Å². The predicted octanol–water partition coefficient (Wildman–Crippen LogP) is 3.76. The van der Waals surface area contributed by atoms with Gasteiger partial charge in [0.15, 0.2) is 0 Å². The van der Waals surface area contributed by atoms with Gasteiger partial charge in [-0.2, -0.15) is 4.31 Å². The van der Waals surface area contributed by atoms with Crippen LogP contribution < -0.4 is 5.63 Å². The van der Waals surface area contributed by atoms with Crippen LogP contribution in [0.5, 0.6) is 0 Å². The predicted molar refractivity (Wildman–Crippen MR) is 112 cm³/mol. The first kappa shape index (κ1) is 20.3. The van der Waals surface area contributed by atoms with Crippen molar-refractivity contribution in [3.63, 3.8) is 0 Å². The summed E-state index contributed by atoms with van der Waals surface area (Å²) in [6, 6.07) is 7.88. The van der Waals surface area contributed by atoms with Crippen LogP contribution in [0.15, 0.2) is 54.3 Å². The molecule has 0 amide bonds. The molecule has 0 unspecified atom stereocenters. The second kappa shape index (κ2) is 8.02. The standard InChI is InChI=1S/C19H16BrNO6S2/c20-13-3-4-14-12(9-17(22)27-15(14)10-13)11-26-19(23)18-16(5-8-28-18)29(24,25)21-6-1-2-7-21/h3-5,8-10H,1-2,6-7,11H2. The summed E-state index contributed by atoms with van der Waals surface area (Å²) in [4.78, 5) is 24.5. The van der Waals surface area contributed by atoms with Crippen LogP contribution in [0.4, 0.5) is 0 Å². The number of nitrogens with zero attached hydrogens (tertiary/aromatic N) is 1. The van der Waals surface area contributed by atoms with Crippen molar-refractivity contribution in [1.82, 2.24) is 4.31 Å². The number of benzene rings is 1. The summed E-state index contributed by atoms with van der Waals surface area (Å²) < 4.78 is 38.3. The Hall–Kier alpha value is -2.01. The smallest absolute Gasteiger partial charge is 0.350 e. The lowest BCUT2D eigenvalue weighted by Crippen LogP contribution is -2.28. The normalized spacial score (nSPS) is 15.1. The molecule has 4 rings (SSSR count). The highest BCUT2D eigenvalue weighted by Gasteiger charge is 2.32. The van der Waals surface area contributed by atoms with Crippen LogP contribution in [-0.2, 0) is 21.4 Å². The molecule has 3 aromatic rings. The van der Waals surface area contributed by atoms with Crippen molar-refractivity contribution in [3.05, 3.63) is 61.0 Å². The van der Waals surface area contributed by atoms with Crippen molar-refractivity contribution in [3.8, 4) is 0 Å². The van der Waals surface area contributed by atoms with Gasteiger partial charge >= 0.3 is 11.6 Å². The van der Waals surface area contributed by atoms with Gasteiger partial charge in [0.25, 0.3) is 0 Å². The van der Waals surface area contributed by atoms with E-state index >= 15 is 0 Å². The van der Waals surface area contributed by atoms with E-state index in [2.05, 4.69) is 15.9 Å². The van der Waals surface area contributed by atoms with Gasteiger partial charge in [-0.1, -0.05) is 15.9 Å². The van der Waals surface area contributed by atoms with E-state index in [1.165, 1.54) is 16.4 Å². The Kier molecular flexibility index (Phi) is 5.60. The van der Waals surface area contributed by atoms with Crippen LogP contribution in [0.1, 0.15) is 28.1 Å².